The van der Waals surface area contributed by atoms with Gasteiger partial charge in [-0.25, -0.2) is 0 Å². The normalized spacial score (nSPS) is 10.4. The van der Waals surface area contributed by atoms with Gasteiger partial charge in [-0.3, -0.25) is 14.8 Å². The van der Waals surface area contributed by atoms with E-state index in [4.69, 9.17) is 17.0 Å². The van der Waals surface area contributed by atoms with Gasteiger partial charge in [0.05, 0.1) is 41.0 Å². The van der Waals surface area contributed by atoms with Gasteiger partial charge in [0.15, 0.2) is 5.11 Å². The molecule has 0 unspecified atom stereocenters. The van der Waals surface area contributed by atoms with Crippen LogP contribution in [0, 0.1) is 10.1 Å². The summed E-state index contributed by atoms with van der Waals surface area (Å²) in [7, 11) is 1.44. The molecule has 1 heterocycles. The van der Waals surface area contributed by atoms with Crippen LogP contribution < -0.4 is 15.4 Å². The zero-order valence-corrected chi connectivity index (χ0v) is 17.2. The number of hydrogen-bond donors (Lipinski definition) is 2. The molecule has 0 saturated carbocycles. The van der Waals surface area contributed by atoms with Crippen molar-refractivity contribution in [3.05, 3.63) is 75.0 Å². The standard InChI is InChI=1S/C18H16BrN5O3S/c1-27-17-8-15(24(25)26)5-6-16(17)22-18(28)21-14-4-2-3-12(7-14)10-23-11-13(19)9-20-23/h2-9,11H,10H2,1H3,(H2,21,22,28). The van der Waals surface area contributed by atoms with Crippen molar-refractivity contribution in [2.75, 3.05) is 17.7 Å². The molecule has 0 fully saturated rings. The van der Waals surface area contributed by atoms with Crippen LogP contribution in [0.5, 0.6) is 5.75 Å². The van der Waals surface area contributed by atoms with Gasteiger partial charge in [0, 0.05) is 18.0 Å². The number of non-ortho nitro benzene ring substituents is 1. The molecule has 3 aromatic rings. The number of ether oxygens (including phenoxy) is 1. The maximum absolute atomic E-state index is 10.9. The molecule has 0 spiro atoms. The average Bonchev–Trinajstić information content (AvgIpc) is 3.06. The Morgan fingerprint density at radius 1 is 1.32 bits per heavy atom. The Balaban J connectivity index is 1.68. The smallest absolute Gasteiger partial charge is 0.273 e. The van der Waals surface area contributed by atoms with E-state index in [1.165, 1.54) is 19.2 Å². The highest BCUT2D eigenvalue weighted by molar-refractivity contribution is 9.10. The van der Waals surface area contributed by atoms with E-state index in [9.17, 15) is 10.1 Å². The summed E-state index contributed by atoms with van der Waals surface area (Å²) in [4.78, 5) is 10.4. The first-order valence-electron chi connectivity index (χ1n) is 8.12. The van der Waals surface area contributed by atoms with Crippen molar-refractivity contribution in [1.29, 1.82) is 0 Å². The Bertz CT molecular complexity index is 1020. The molecule has 8 nitrogen and oxygen atoms in total. The Labute approximate surface area is 174 Å². The first-order chi connectivity index (χ1) is 13.4. The lowest BCUT2D eigenvalue weighted by Gasteiger charge is -2.14. The highest BCUT2D eigenvalue weighted by Crippen LogP contribution is 2.29. The van der Waals surface area contributed by atoms with Gasteiger partial charge in [0.2, 0.25) is 0 Å². The third-order valence-electron chi connectivity index (χ3n) is 3.78. The largest absolute Gasteiger partial charge is 0.494 e. The number of hydrogen-bond acceptors (Lipinski definition) is 5. The minimum Gasteiger partial charge on any atom is -0.494 e. The molecule has 28 heavy (non-hydrogen) atoms. The molecular weight excluding hydrogens is 446 g/mol. The van der Waals surface area contributed by atoms with Gasteiger partial charge in [0.25, 0.3) is 5.69 Å². The SMILES string of the molecule is COc1cc([N+](=O)[O-])ccc1NC(=S)Nc1cccc(Cn2cc(Br)cn2)c1. The second-order valence-electron chi connectivity index (χ2n) is 5.78. The topological polar surface area (TPSA) is 94.3 Å². The van der Waals surface area contributed by atoms with E-state index in [2.05, 4.69) is 31.7 Å². The minimum atomic E-state index is -0.480. The van der Waals surface area contributed by atoms with Gasteiger partial charge >= 0.3 is 0 Å². The quantitative estimate of drug-likeness (QED) is 0.318. The molecule has 0 aliphatic heterocycles. The van der Waals surface area contributed by atoms with E-state index < -0.39 is 4.92 Å². The fraction of sp³-hybridized carbons (Fsp3) is 0.111. The third kappa shape index (κ3) is 5.05. The number of aromatic nitrogens is 2. The van der Waals surface area contributed by atoms with Crippen LogP contribution >= 0.6 is 28.1 Å². The molecule has 0 atom stereocenters. The lowest BCUT2D eigenvalue weighted by atomic mass is 10.2. The van der Waals surface area contributed by atoms with Crippen LogP contribution in [0.25, 0.3) is 0 Å². The number of rotatable bonds is 6. The monoisotopic (exact) mass is 461 g/mol. The lowest BCUT2D eigenvalue weighted by molar-refractivity contribution is -0.384. The number of nitro groups is 1. The summed E-state index contributed by atoms with van der Waals surface area (Å²) in [6, 6.07) is 12.1. The van der Waals surface area contributed by atoms with Crippen LogP contribution in [0.4, 0.5) is 17.1 Å². The van der Waals surface area contributed by atoms with Crippen LogP contribution in [0.2, 0.25) is 0 Å². The van der Waals surface area contributed by atoms with Crippen LogP contribution in [-0.4, -0.2) is 26.9 Å². The van der Waals surface area contributed by atoms with Gasteiger partial charge in [-0.2, -0.15) is 5.10 Å². The maximum atomic E-state index is 10.9. The van der Waals surface area contributed by atoms with E-state index >= 15 is 0 Å². The summed E-state index contributed by atoms with van der Waals surface area (Å²) in [6.07, 6.45) is 3.63. The summed E-state index contributed by atoms with van der Waals surface area (Å²) < 4.78 is 7.95. The Kier molecular flexibility index (Phi) is 6.22. The highest BCUT2D eigenvalue weighted by atomic mass is 79.9. The molecule has 10 heteroatoms. The van der Waals surface area contributed by atoms with Gasteiger partial charge < -0.3 is 15.4 Å². The fourth-order valence-corrected chi connectivity index (χ4v) is 3.10. The summed E-state index contributed by atoms with van der Waals surface area (Å²) in [5.41, 5.74) is 2.33. The molecule has 0 amide bonds. The number of methoxy groups -OCH3 is 1. The van der Waals surface area contributed by atoms with Crippen molar-refractivity contribution in [2.24, 2.45) is 0 Å². The Hall–Kier alpha value is -2.98. The van der Waals surface area contributed by atoms with Crippen molar-refractivity contribution in [3.8, 4) is 5.75 Å². The van der Waals surface area contributed by atoms with Crippen molar-refractivity contribution >= 4 is 50.3 Å². The van der Waals surface area contributed by atoms with E-state index in [1.54, 1.807) is 12.3 Å². The molecule has 0 aliphatic carbocycles. The number of nitrogens with zero attached hydrogens (tertiary/aromatic N) is 3. The minimum absolute atomic E-state index is 0.0563. The average molecular weight is 462 g/mol. The number of anilines is 2. The van der Waals surface area contributed by atoms with Crippen LogP contribution in [0.3, 0.4) is 0 Å². The molecule has 144 valence electrons. The van der Waals surface area contributed by atoms with Gasteiger partial charge in [-0.1, -0.05) is 12.1 Å². The number of nitro benzene ring substituents is 1. The van der Waals surface area contributed by atoms with Crippen LogP contribution in [0.1, 0.15) is 5.56 Å². The van der Waals surface area contributed by atoms with E-state index in [1.807, 2.05) is 35.1 Å². The molecular formula is C18H16BrN5O3S. The summed E-state index contributed by atoms with van der Waals surface area (Å²) in [5.74, 6) is 0.330. The van der Waals surface area contributed by atoms with Crippen molar-refractivity contribution < 1.29 is 9.66 Å². The molecule has 1 aromatic heterocycles. The predicted molar refractivity (Wildman–Crippen MR) is 115 cm³/mol. The number of halogens is 1. The number of thiocarbonyl (C=S) groups is 1. The van der Waals surface area contributed by atoms with Crippen molar-refractivity contribution in [3.63, 3.8) is 0 Å². The van der Waals surface area contributed by atoms with Crippen molar-refractivity contribution in [1.82, 2.24) is 9.78 Å². The molecule has 0 aliphatic rings. The molecule has 2 aromatic carbocycles. The van der Waals surface area contributed by atoms with Gasteiger partial charge in [-0.15, -0.1) is 0 Å². The molecule has 0 saturated heterocycles. The fourth-order valence-electron chi connectivity index (χ4n) is 2.54. The van der Waals surface area contributed by atoms with E-state index in [0.717, 1.165) is 15.7 Å². The number of nitrogens with one attached hydrogen (secondary N) is 2. The molecule has 0 bridgehead atoms. The van der Waals surface area contributed by atoms with Crippen LogP contribution in [0.15, 0.2) is 59.3 Å². The third-order valence-corrected chi connectivity index (χ3v) is 4.39. The molecule has 0 radical (unpaired) electrons. The van der Waals surface area contributed by atoms with Crippen LogP contribution in [-0.2, 0) is 6.54 Å². The van der Waals surface area contributed by atoms with E-state index in [0.29, 0.717) is 23.1 Å². The van der Waals surface area contributed by atoms with E-state index in [-0.39, 0.29) is 5.69 Å². The summed E-state index contributed by atoms with van der Waals surface area (Å²) >= 11 is 8.73. The first-order valence-corrected chi connectivity index (χ1v) is 9.32. The molecule has 3 rings (SSSR count). The Morgan fingerprint density at radius 3 is 2.82 bits per heavy atom. The zero-order valence-electron chi connectivity index (χ0n) is 14.8. The van der Waals surface area contributed by atoms with Gasteiger partial charge in [0.1, 0.15) is 5.75 Å². The zero-order chi connectivity index (χ0) is 20.1. The Morgan fingerprint density at radius 2 is 2.14 bits per heavy atom. The van der Waals surface area contributed by atoms with Gasteiger partial charge in [-0.05, 0) is 51.9 Å². The highest BCUT2D eigenvalue weighted by Gasteiger charge is 2.12. The van der Waals surface area contributed by atoms with Crippen molar-refractivity contribution in [2.45, 2.75) is 6.54 Å². The lowest BCUT2D eigenvalue weighted by Crippen LogP contribution is -2.19. The first kappa shape index (κ1) is 19.8. The second-order valence-corrected chi connectivity index (χ2v) is 7.10. The summed E-state index contributed by atoms with van der Waals surface area (Å²) in [5, 5.41) is 21.6. The summed E-state index contributed by atoms with van der Waals surface area (Å²) in [6.45, 7) is 0.623. The second kappa shape index (κ2) is 8.81. The molecule has 2 N–H and O–H groups in total. The predicted octanol–water partition coefficient (Wildman–Crippen LogP) is 4.42. The maximum Gasteiger partial charge on any atom is 0.273 e. The number of benzene rings is 2.